The fraction of sp³-hybridized carbons (Fsp3) is 0.614. The van der Waals surface area contributed by atoms with E-state index in [0.29, 0.717) is 31.6 Å². The molecule has 1 heterocycles. The number of esters is 1. The maximum absolute atomic E-state index is 14.2. The highest BCUT2D eigenvalue weighted by Crippen LogP contribution is 2.29. The monoisotopic (exact) mass is 809 g/mol. The van der Waals surface area contributed by atoms with Crippen LogP contribution in [0.1, 0.15) is 71.4 Å². The van der Waals surface area contributed by atoms with Crippen molar-refractivity contribution in [3.63, 3.8) is 0 Å². The van der Waals surface area contributed by atoms with E-state index >= 15 is 0 Å². The van der Waals surface area contributed by atoms with Crippen molar-refractivity contribution in [2.75, 3.05) is 54.2 Å². The minimum absolute atomic E-state index is 0.00525. The first-order valence-corrected chi connectivity index (χ1v) is 20.4. The van der Waals surface area contributed by atoms with Gasteiger partial charge in [0.15, 0.2) is 0 Å². The second kappa shape index (κ2) is 23.2. The van der Waals surface area contributed by atoms with E-state index in [1.54, 1.807) is 23.8 Å². The first kappa shape index (κ1) is 47.8. The molecule has 58 heavy (non-hydrogen) atoms. The van der Waals surface area contributed by atoms with Crippen LogP contribution < -0.4 is 16.4 Å². The molecule has 8 unspecified atom stereocenters. The summed E-state index contributed by atoms with van der Waals surface area (Å²) < 4.78 is 16.9. The summed E-state index contributed by atoms with van der Waals surface area (Å²) in [6.07, 6.45) is 1.02. The van der Waals surface area contributed by atoms with Crippen LogP contribution in [0.4, 0.5) is 5.69 Å². The van der Waals surface area contributed by atoms with Gasteiger partial charge in [0.2, 0.25) is 23.6 Å². The molecule has 8 atom stereocenters. The van der Waals surface area contributed by atoms with E-state index in [1.165, 1.54) is 21.3 Å². The number of carbonyl (C=O) groups excluding carboxylic acids is 5. The van der Waals surface area contributed by atoms with Gasteiger partial charge in [0.25, 0.3) is 0 Å². The van der Waals surface area contributed by atoms with E-state index in [0.717, 1.165) is 17.5 Å². The van der Waals surface area contributed by atoms with Crippen molar-refractivity contribution in [3.05, 3.63) is 65.7 Å². The molecule has 2 aromatic rings. The number of ether oxygens (including phenoxy) is 3. The second-order valence-electron chi connectivity index (χ2n) is 16.0. The number of benzene rings is 2. The highest BCUT2D eigenvalue weighted by molar-refractivity contribution is 5.88. The molecular formula is C44H68N6O8. The standard InChI is InChI=1S/C44H68N6O8/c1-11-29(4)40(49(7)38(52)26-46-43(54)39(28(2)3)48(6)27-32-19-15-20-33(45)23-32)36(56-8)25-37(51)50-22-16-21-35(50)41(57-9)30(5)42(53)47-34(44(55)58-10)24-31-17-13-12-14-18-31/h12-15,17-20,23,28-30,34-36,39-41H,11,16,21-22,24-27,45H2,1-10H3,(H,46,54)(H,47,53). The minimum atomic E-state index is -0.896. The number of likely N-dealkylation sites (N-methyl/N-ethyl adjacent to an activating group) is 2. The van der Waals surface area contributed by atoms with Gasteiger partial charge in [0, 0.05) is 46.5 Å². The van der Waals surface area contributed by atoms with Crippen molar-refractivity contribution in [3.8, 4) is 0 Å². The lowest BCUT2D eigenvalue weighted by atomic mass is 9.90. The summed E-state index contributed by atoms with van der Waals surface area (Å²) in [5.41, 5.74) is 8.47. The van der Waals surface area contributed by atoms with Gasteiger partial charge in [-0.25, -0.2) is 4.79 Å². The molecule has 4 N–H and O–H groups in total. The number of anilines is 1. The van der Waals surface area contributed by atoms with E-state index in [2.05, 4.69) is 10.6 Å². The Morgan fingerprint density at radius 1 is 0.914 bits per heavy atom. The van der Waals surface area contributed by atoms with Crippen LogP contribution in [0.3, 0.4) is 0 Å². The van der Waals surface area contributed by atoms with Crippen molar-refractivity contribution in [1.29, 1.82) is 0 Å². The van der Waals surface area contributed by atoms with Gasteiger partial charge >= 0.3 is 5.97 Å². The predicted molar refractivity (Wildman–Crippen MR) is 224 cm³/mol. The molecular weight excluding hydrogens is 741 g/mol. The molecule has 0 radical (unpaired) electrons. The zero-order chi connectivity index (χ0) is 43.1. The topological polar surface area (TPSA) is 173 Å². The van der Waals surface area contributed by atoms with Gasteiger partial charge in [-0.3, -0.25) is 24.1 Å². The second-order valence-corrected chi connectivity index (χ2v) is 16.0. The molecule has 4 amide bonds. The smallest absolute Gasteiger partial charge is 0.328 e. The van der Waals surface area contributed by atoms with Gasteiger partial charge in [-0.15, -0.1) is 0 Å². The Morgan fingerprint density at radius 3 is 2.17 bits per heavy atom. The maximum Gasteiger partial charge on any atom is 0.328 e. The van der Waals surface area contributed by atoms with Crippen LogP contribution in [0.2, 0.25) is 0 Å². The summed E-state index contributed by atoms with van der Waals surface area (Å²) in [6.45, 7) is 10.5. The number of hydrogen-bond acceptors (Lipinski definition) is 10. The average molecular weight is 809 g/mol. The molecule has 2 aromatic carbocycles. The summed E-state index contributed by atoms with van der Waals surface area (Å²) in [4.78, 5) is 73.1. The van der Waals surface area contributed by atoms with Crippen LogP contribution in [-0.4, -0.2) is 129 Å². The summed E-state index contributed by atoms with van der Waals surface area (Å²) in [6, 6.07) is 14.6. The number of nitrogens with zero attached hydrogens (tertiary/aromatic N) is 3. The van der Waals surface area contributed by atoms with Gasteiger partial charge in [-0.1, -0.05) is 83.5 Å². The lowest BCUT2D eigenvalue weighted by molar-refractivity contribution is -0.148. The number of likely N-dealkylation sites (tertiary alicyclic amines) is 1. The molecule has 0 bridgehead atoms. The molecule has 14 nitrogen and oxygen atoms in total. The molecule has 322 valence electrons. The molecule has 1 fully saturated rings. The first-order valence-electron chi connectivity index (χ1n) is 20.4. The Hall–Kier alpha value is -4.53. The van der Waals surface area contributed by atoms with Crippen molar-refractivity contribution in [1.82, 2.24) is 25.3 Å². The zero-order valence-corrected chi connectivity index (χ0v) is 36.2. The van der Waals surface area contributed by atoms with E-state index in [9.17, 15) is 24.0 Å². The number of hydrogen-bond donors (Lipinski definition) is 3. The van der Waals surface area contributed by atoms with Crippen LogP contribution in [0.25, 0.3) is 0 Å². The normalized spacial score (nSPS) is 17.8. The van der Waals surface area contributed by atoms with E-state index in [-0.39, 0.29) is 54.9 Å². The highest BCUT2D eigenvalue weighted by Gasteiger charge is 2.42. The molecule has 1 aliphatic heterocycles. The van der Waals surface area contributed by atoms with E-state index < -0.39 is 48.3 Å². The van der Waals surface area contributed by atoms with Gasteiger partial charge in [-0.05, 0) is 55.0 Å². The van der Waals surface area contributed by atoms with E-state index in [1.807, 2.05) is 94.2 Å². The Labute approximate surface area is 345 Å². The van der Waals surface area contributed by atoms with Gasteiger partial charge in [0.1, 0.15) is 6.04 Å². The SMILES string of the molecule is CCC(C)C(C(CC(=O)N1CCCC1C(OC)C(C)C(=O)NC(Cc1ccccc1)C(=O)OC)OC)N(C)C(=O)CNC(=O)C(C(C)C)N(C)Cc1cccc(N)c1. The Kier molecular flexibility index (Phi) is 19.1. The highest BCUT2D eigenvalue weighted by atomic mass is 16.5. The Morgan fingerprint density at radius 2 is 1.59 bits per heavy atom. The van der Waals surface area contributed by atoms with Crippen molar-refractivity contribution >= 4 is 35.3 Å². The fourth-order valence-corrected chi connectivity index (χ4v) is 8.30. The third-order valence-corrected chi connectivity index (χ3v) is 11.6. The van der Waals surface area contributed by atoms with Gasteiger partial charge < -0.3 is 40.4 Å². The summed E-state index contributed by atoms with van der Waals surface area (Å²) in [5.74, 6) is -2.45. The number of carbonyl (C=O) groups is 5. The quantitative estimate of drug-likeness (QED) is 0.118. The maximum atomic E-state index is 14.2. The van der Waals surface area contributed by atoms with Crippen LogP contribution in [-0.2, 0) is 51.1 Å². The minimum Gasteiger partial charge on any atom is -0.467 e. The predicted octanol–water partition coefficient (Wildman–Crippen LogP) is 3.66. The third kappa shape index (κ3) is 13.0. The molecule has 0 aromatic heterocycles. The van der Waals surface area contributed by atoms with E-state index in [4.69, 9.17) is 19.9 Å². The average Bonchev–Trinajstić information content (AvgIpc) is 3.69. The van der Waals surface area contributed by atoms with Crippen molar-refractivity contribution < 1.29 is 38.2 Å². The molecule has 0 saturated carbocycles. The first-order chi connectivity index (χ1) is 27.6. The van der Waals surface area contributed by atoms with Crippen molar-refractivity contribution in [2.45, 2.75) is 110 Å². The summed E-state index contributed by atoms with van der Waals surface area (Å²) in [7, 11) is 7.91. The lowest BCUT2D eigenvalue weighted by Crippen LogP contribution is -2.55. The lowest BCUT2D eigenvalue weighted by Gasteiger charge is -2.39. The number of nitrogen functional groups attached to an aromatic ring is 1. The van der Waals surface area contributed by atoms with Crippen molar-refractivity contribution in [2.24, 2.45) is 17.8 Å². The molecule has 0 spiro atoms. The number of nitrogens with two attached hydrogens (primary N) is 1. The van der Waals surface area contributed by atoms with Crippen LogP contribution >= 0.6 is 0 Å². The van der Waals surface area contributed by atoms with Crippen LogP contribution in [0, 0.1) is 17.8 Å². The molecule has 14 heteroatoms. The zero-order valence-electron chi connectivity index (χ0n) is 36.2. The Balaban J connectivity index is 1.70. The number of amides is 4. The fourth-order valence-electron chi connectivity index (χ4n) is 8.30. The number of nitrogens with one attached hydrogen (secondary N) is 2. The number of methoxy groups -OCH3 is 3. The summed E-state index contributed by atoms with van der Waals surface area (Å²) >= 11 is 0. The largest absolute Gasteiger partial charge is 0.467 e. The van der Waals surface area contributed by atoms with Crippen LogP contribution in [0.5, 0.6) is 0 Å². The molecule has 0 aliphatic carbocycles. The van der Waals surface area contributed by atoms with Gasteiger partial charge in [0.05, 0.1) is 56.3 Å². The summed E-state index contributed by atoms with van der Waals surface area (Å²) in [5, 5.41) is 5.72. The number of rotatable bonds is 22. The molecule has 1 aliphatic rings. The molecule has 3 rings (SSSR count). The Bertz CT molecular complexity index is 1640. The molecule has 1 saturated heterocycles. The van der Waals surface area contributed by atoms with Gasteiger partial charge in [-0.2, -0.15) is 0 Å². The van der Waals surface area contributed by atoms with Crippen LogP contribution in [0.15, 0.2) is 54.6 Å². The third-order valence-electron chi connectivity index (χ3n) is 11.6.